The molecule has 9 saturated heterocycles. The number of rotatable bonds is 31. The number of carbonyl (C=O) groups is 3. The molecule has 3 aliphatic carbocycles. The fourth-order valence-corrected chi connectivity index (χ4v) is 18.6. The molecule has 0 aromatic carbocycles. The van der Waals surface area contributed by atoms with Crippen LogP contribution in [0.15, 0.2) is 0 Å². The van der Waals surface area contributed by atoms with Crippen LogP contribution in [0.2, 0.25) is 72.0 Å². The Hall–Kier alpha value is -4.32. The number of carboxylic acids is 3. The smallest absolute Gasteiger partial charge is 0.457 e. The minimum absolute atomic E-state index is 0.0261. The van der Waals surface area contributed by atoms with E-state index in [2.05, 4.69) is 90.6 Å². The Balaban J connectivity index is 0.000000671. The van der Waals surface area contributed by atoms with Crippen molar-refractivity contribution in [2.24, 2.45) is 58.2 Å². The summed E-state index contributed by atoms with van der Waals surface area (Å²) in [5, 5.41) is 105. The SMILES string of the molecule is CB(O)CCC1CNC(C(=O)O)C1.CB(O)CCC1CNC(CCN2CCCCC2)(C(=O)O)C1.CB(O)CCCC1CCNC1.CB(O)CCCC1CCNC1C.CB(O)CCCC1CNC(C)C1.CC1(CCCB2OC3CC4CC(C4(C)C)C3(C)O2)CCNC1.CCCCC1C(O)CNC1C(=O)O.O=C=O.O=C=O.O=C=O.O=C=O. The van der Waals surface area contributed by atoms with E-state index >= 15 is 0 Å². The fraction of sp³-hybridized carbons (Fsp3) is 0.912. The average molecular weight is 1640 g/mol. The summed E-state index contributed by atoms with van der Waals surface area (Å²) < 4.78 is 12.8. The van der Waals surface area contributed by atoms with E-state index in [1.165, 1.54) is 148 Å². The highest BCUT2D eigenvalue weighted by Crippen LogP contribution is 2.66. The molecule has 36 heteroatoms. The number of aliphatic carboxylic acids is 3. The highest BCUT2D eigenvalue weighted by Gasteiger charge is 2.67. The van der Waals surface area contributed by atoms with Crippen molar-refractivity contribution in [1.29, 1.82) is 0 Å². The number of aliphatic hydroxyl groups excluding tert-OH is 1. The van der Waals surface area contributed by atoms with Crippen LogP contribution in [0.4, 0.5) is 0 Å². The van der Waals surface area contributed by atoms with Crippen LogP contribution >= 0.6 is 0 Å². The van der Waals surface area contributed by atoms with Crippen molar-refractivity contribution in [2.45, 2.75) is 329 Å². The van der Waals surface area contributed by atoms with Gasteiger partial charge in [-0.1, -0.05) is 120 Å². The number of carbonyl (C=O) groups excluding carboxylic acids is 8. The third kappa shape index (κ3) is 44.0. The Morgan fingerprint density at radius 3 is 1.59 bits per heavy atom. The lowest BCUT2D eigenvalue weighted by molar-refractivity contribution is -0.199. The molecule has 0 spiro atoms. The summed E-state index contributed by atoms with van der Waals surface area (Å²) in [4.78, 5) is 100. The van der Waals surface area contributed by atoms with Gasteiger partial charge in [-0.05, 0) is 273 Å². The zero-order valence-electron chi connectivity index (χ0n) is 72.7. The number of nitrogens with one attached hydrogen (secondary N) is 7. The second-order valence-corrected chi connectivity index (χ2v) is 36.1. The normalized spacial score (nSPS) is 30.3. The molecular weight excluding hydrogens is 1490 g/mol. The summed E-state index contributed by atoms with van der Waals surface area (Å²) in [7, 11) is 0.0445. The highest BCUT2D eigenvalue weighted by atomic mass is 16.7. The van der Waals surface area contributed by atoms with Crippen molar-refractivity contribution in [3.63, 3.8) is 0 Å². The van der Waals surface area contributed by atoms with Gasteiger partial charge in [0.05, 0.1) is 17.8 Å². The molecule has 116 heavy (non-hydrogen) atoms. The number of hydrogen-bond acceptors (Lipinski definition) is 27. The van der Waals surface area contributed by atoms with Gasteiger partial charge in [0, 0.05) is 37.6 Å². The molecule has 2 bridgehead atoms. The molecule has 17 unspecified atom stereocenters. The van der Waals surface area contributed by atoms with E-state index in [-0.39, 0.29) is 83.9 Å². The van der Waals surface area contributed by atoms with Crippen LogP contribution in [0, 0.1) is 58.2 Å². The van der Waals surface area contributed by atoms with Crippen LogP contribution in [0.1, 0.15) is 209 Å². The Morgan fingerprint density at radius 2 is 1.12 bits per heavy atom. The van der Waals surface area contributed by atoms with Crippen molar-refractivity contribution in [1.82, 2.24) is 42.1 Å². The molecule has 17 atom stereocenters. The lowest BCUT2D eigenvalue weighted by Crippen LogP contribution is -2.65. The molecule has 0 radical (unpaired) electrons. The third-order valence-electron chi connectivity index (χ3n) is 25.8. The zero-order chi connectivity index (χ0) is 87.5. The maximum atomic E-state index is 11.7. The molecule has 0 aromatic heterocycles. The summed E-state index contributed by atoms with van der Waals surface area (Å²) in [5.74, 6) is 2.48. The van der Waals surface area contributed by atoms with Gasteiger partial charge in [0.15, 0.2) is 0 Å². The molecule has 12 aliphatic rings. The molecule has 0 aromatic rings. The first-order valence-corrected chi connectivity index (χ1v) is 43.8. The van der Waals surface area contributed by atoms with Crippen molar-refractivity contribution < 1.29 is 108 Å². The predicted octanol–water partition coefficient (Wildman–Crippen LogP) is 6.47. The molecule has 12 rings (SSSR count). The largest absolute Gasteiger partial charge is 0.480 e. The standard InChI is InChI=1S/C18H32BNO2.C15H29BN2O3.2C9H20BNO.C9H17NO3.C8H16BNO3.C8H18BNO.4CO2/c1-16(2)13-10-14(16)18(4)15(11-13)21-19(22-18)8-5-6-17(3)7-9-20-12-17;1-16(21)7-5-13-11-15(14(19)20,17-12-13)6-10-18-8-3-2-4-9-18;1-8-9(5-7-11-8)4-3-6-10(2)12;1-8-6-9(7-11-8)4-3-5-10(2)12;1-2-3-4-6-7(11)5-10-8(6)9(12)13;1-9(13)3-2-6-4-7(8(11)12)10-5-6;1-9(11)5-2-3-8-4-6-10-7-8;4*2-1-3/h13-15,20H,5-12H2,1-4H3;13,17,21H,2-12H2,1H3,(H,19,20);2*8-9,11-12H,3-7H2,1-2H3;6-8,10-11H,2-5H2,1H3,(H,12,13);6-7,10,13H,2-5H2,1H3,(H,11,12);8,10-11H,2-7H2,1H3;;;;. The van der Waals surface area contributed by atoms with Crippen LogP contribution in [-0.2, 0) is 62.0 Å². The Labute approximate surface area is 696 Å². The topological polar surface area (TPSA) is 476 Å². The molecule has 12 fully saturated rings. The van der Waals surface area contributed by atoms with Crippen molar-refractivity contribution in [2.75, 3.05) is 78.5 Å². The first-order chi connectivity index (χ1) is 54.9. The summed E-state index contributed by atoms with van der Waals surface area (Å²) in [5.41, 5.74) is 0.174. The number of nitrogens with zero attached hydrogens (tertiary/aromatic N) is 1. The fourth-order valence-electron chi connectivity index (χ4n) is 18.6. The Bertz CT molecular complexity index is 2730. The lowest BCUT2D eigenvalue weighted by atomic mass is 9.43. The van der Waals surface area contributed by atoms with Gasteiger partial charge in [0.1, 0.15) is 17.6 Å². The van der Waals surface area contributed by atoms with Gasteiger partial charge >= 0.3 is 49.6 Å². The molecule has 16 N–H and O–H groups in total. The van der Waals surface area contributed by atoms with Crippen molar-refractivity contribution in [3.05, 3.63) is 0 Å². The van der Waals surface area contributed by atoms with Crippen LogP contribution < -0.4 is 37.2 Å². The molecule has 9 heterocycles. The summed E-state index contributed by atoms with van der Waals surface area (Å²) in [6.45, 7) is 36.6. The van der Waals surface area contributed by atoms with E-state index in [4.69, 9.17) is 78.0 Å². The number of hydrogen-bond donors (Lipinski definition) is 16. The van der Waals surface area contributed by atoms with E-state index in [0.29, 0.717) is 72.6 Å². The van der Waals surface area contributed by atoms with Gasteiger partial charge < -0.3 is 97.0 Å². The maximum Gasteiger partial charge on any atom is 0.457 e. The number of piperidine rings is 1. The predicted molar refractivity (Wildman–Crippen MR) is 449 cm³/mol. The third-order valence-corrected chi connectivity index (χ3v) is 25.8. The van der Waals surface area contributed by atoms with E-state index < -0.39 is 35.6 Å². The van der Waals surface area contributed by atoms with E-state index in [9.17, 15) is 29.6 Å². The van der Waals surface area contributed by atoms with Crippen molar-refractivity contribution in [3.8, 4) is 0 Å². The first-order valence-electron chi connectivity index (χ1n) is 43.8. The van der Waals surface area contributed by atoms with Gasteiger partial charge in [-0.25, -0.2) is 0 Å². The molecular formula is C80H152B6N8O22. The second-order valence-electron chi connectivity index (χ2n) is 36.1. The summed E-state index contributed by atoms with van der Waals surface area (Å²) in [6, 6.07) is 0.473. The summed E-state index contributed by atoms with van der Waals surface area (Å²) >= 11 is 0. The first kappa shape index (κ1) is 110. The molecule has 9 aliphatic heterocycles. The van der Waals surface area contributed by atoms with Crippen molar-refractivity contribution >= 4 is 84.2 Å². The maximum absolute atomic E-state index is 11.7. The number of aliphatic hydroxyl groups is 1. The van der Waals surface area contributed by atoms with Gasteiger partial charge in [0.2, 0.25) is 0 Å². The molecule has 30 nitrogen and oxygen atoms in total. The number of unbranched alkanes of at least 4 members (excludes halogenated alkanes) is 1. The Kier molecular flexibility index (Phi) is 57.7. The number of carboxylic acid groups (broad SMARTS) is 3. The molecule has 3 saturated carbocycles. The molecule has 0 amide bonds. The van der Waals surface area contributed by atoms with Crippen LogP contribution in [-0.4, -0.2) is 261 Å². The minimum Gasteiger partial charge on any atom is -0.480 e. The van der Waals surface area contributed by atoms with Crippen LogP contribution in [0.25, 0.3) is 0 Å². The van der Waals surface area contributed by atoms with E-state index in [0.717, 1.165) is 126 Å². The number of likely N-dealkylation sites (tertiary alicyclic amines) is 1. The van der Waals surface area contributed by atoms with Gasteiger partial charge in [-0.3, -0.25) is 14.4 Å². The quantitative estimate of drug-likeness (QED) is 0.0331. The van der Waals surface area contributed by atoms with E-state index in [1.54, 1.807) is 13.6 Å². The van der Waals surface area contributed by atoms with E-state index in [1.807, 2.05) is 20.5 Å². The highest BCUT2D eigenvalue weighted by molar-refractivity contribution is 6.49. The zero-order valence-corrected chi connectivity index (χ0v) is 72.7. The van der Waals surface area contributed by atoms with Gasteiger partial charge in [-0.15, -0.1) is 0 Å². The summed E-state index contributed by atoms with van der Waals surface area (Å²) in [6.07, 6.45) is 34.6. The minimum atomic E-state index is -0.849. The Morgan fingerprint density at radius 1 is 0.560 bits per heavy atom. The number of β-amino-alcohol motifs (C(OH)–C–C–N with tert-alkyl or cyclic N) is 1. The second kappa shape index (κ2) is 61.0. The monoisotopic (exact) mass is 1640 g/mol. The average Bonchev–Trinajstić information content (AvgIpc) is 1.63. The van der Waals surface area contributed by atoms with Crippen LogP contribution in [0.3, 0.4) is 0 Å². The van der Waals surface area contributed by atoms with Gasteiger partial charge in [0.25, 0.3) is 34.6 Å². The molecule has 662 valence electrons. The van der Waals surface area contributed by atoms with Gasteiger partial charge in [-0.2, -0.15) is 38.4 Å². The van der Waals surface area contributed by atoms with Crippen LogP contribution in [0.5, 0.6) is 0 Å². The lowest BCUT2D eigenvalue weighted by Gasteiger charge is -2.64.